The Kier molecular flexibility index (Phi) is 3.28. The zero-order chi connectivity index (χ0) is 14.3. The van der Waals surface area contributed by atoms with Crippen LogP contribution in [0.2, 0.25) is 10.0 Å². The van der Waals surface area contributed by atoms with E-state index < -0.39 is 0 Å². The summed E-state index contributed by atoms with van der Waals surface area (Å²) in [4.78, 5) is 12.3. The van der Waals surface area contributed by atoms with Crippen LogP contribution in [0.15, 0.2) is 42.0 Å². The van der Waals surface area contributed by atoms with Crippen molar-refractivity contribution >= 4 is 35.1 Å². The molecule has 0 unspecified atom stereocenters. The van der Waals surface area contributed by atoms with E-state index in [1.807, 2.05) is 0 Å². The predicted molar refractivity (Wildman–Crippen MR) is 80.6 cm³/mol. The van der Waals surface area contributed by atoms with Gasteiger partial charge in [0.25, 0.3) is 0 Å². The topological polar surface area (TPSA) is 37.3 Å². The second kappa shape index (κ2) is 4.97. The van der Waals surface area contributed by atoms with E-state index in [0.29, 0.717) is 22.6 Å². The molecule has 0 aromatic heterocycles. The minimum absolute atomic E-state index is 0.00769. The Balaban J connectivity index is 2.01. The first kappa shape index (κ1) is 13.2. The van der Waals surface area contributed by atoms with Gasteiger partial charge in [0, 0.05) is 22.6 Å². The molecule has 0 aliphatic heterocycles. The summed E-state index contributed by atoms with van der Waals surface area (Å²) >= 11 is 12.0. The van der Waals surface area contributed by atoms with Gasteiger partial charge in [-0.25, -0.2) is 0 Å². The highest BCUT2D eigenvalue weighted by Crippen LogP contribution is 2.33. The van der Waals surface area contributed by atoms with E-state index in [2.05, 4.69) is 0 Å². The van der Waals surface area contributed by atoms with Gasteiger partial charge in [-0.1, -0.05) is 41.4 Å². The molecule has 0 atom stereocenters. The molecule has 0 heterocycles. The van der Waals surface area contributed by atoms with Gasteiger partial charge < -0.3 is 5.11 Å². The molecule has 20 heavy (non-hydrogen) atoms. The van der Waals surface area contributed by atoms with Crippen LogP contribution in [0.5, 0.6) is 5.75 Å². The van der Waals surface area contributed by atoms with Crippen molar-refractivity contribution in [2.45, 2.75) is 6.42 Å². The zero-order valence-electron chi connectivity index (χ0n) is 10.4. The largest absolute Gasteiger partial charge is 0.506 e. The minimum Gasteiger partial charge on any atom is -0.506 e. The summed E-state index contributed by atoms with van der Waals surface area (Å²) in [5, 5.41) is 10.3. The second-order valence-electron chi connectivity index (χ2n) is 4.65. The van der Waals surface area contributed by atoms with Crippen LogP contribution < -0.4 is 0 Å². The monoisotopic (exact) mass is 304 g/mol. The van der Waals surface area contributed by atoms with E-state index in [9.17, 15) is 9.90 Å². The van der Waals surface area contributed by atoms with Gasteiger partial charge in [0.1, 0.15) is 5.75 Å². The van der Waals surface area contributed by atoms with Gasteiger partial charge in [-0.15, -0.1) is 0 Å². The van der Waals surface area contributed by atoms with Gasteiger partial charge in [0.15, 0.2) is 5.78 Å². The highest BCUT2D eigenvalue weighted by atomic mass is 35.5. The average Bonchev–Trinajstić information content (AvgIpc) is 2.73. The highest BCUT2D eigenvalue weighted by Gasteiger charge is 2.26. The van der Waals surface area contributed by atoms with Crippen molar-refractivity contribution in [3.05, 3.63) is 68.7 Å². The molecule has 1 aliphatic rings. The van der Waals surface area contributed by atoms with Crippen molar-refractivity contribution in [1.82, 2.24) is 0 Å². The molecular formula is C16H10Cl2O2. The van der Waals surface area contributed by atoms with E-state index >= 15 is 0 Å². The number of allylic oxidation sites excluding steroid dienone is 1. The molecule has 2 aromatic carbocycles. The van der Waals surface area contributed by atoms with Crippen molar-refractivity contribution in [2.75, 3.05) is 0 Å². The van der Waals surface area contributed by atoms with Gasteiger partial charge in [0.05, 0.1) is 5.02 Å². The lowest BCUT2D eigenvalue weighted by molar-refractivity contribution is 0.104. The quantitative estimate of drug-likeness (QED) is 0.786. The van der Waals surface area contributed by atoms with E-state index in [-0.39, 0.29) is 16.6 Å². The normalized spacial score (nSPS) is 15.7. The van der Waals surface area contributed by atoms with Crippen LogP contribution in [0, 0.1) is 0 Å². The first-order valence-electron chi connectivity index (χ1n) is 6.07. The number of hydrogen-bond donors (Lipinski definition) is 1. The van der Waals surface area contributed by atoms with Crippen LogP contribution in [0.1, 0.15) is 21.5 Å². The number of hydrogen-bond acceptors (Lipinski definition) is 2. The van der Waals surface area contributed by atoms with Crippen molar-refractivity contribution in [3.63, 3.8) is 0 Å². The summed E-state index contributed by atoms with van der Waals surface area (Å²) in [5.74, 6) is 0.0181. The molecule has 0 saturated carbocycles. The van der Waals surface area contributed by atoms with Crippen LogP contribution in [0.4, 0.5) is 0 Å². The minimum atomic E-state index is -0.00769. The molecule has 0 radical (unpaired) electrons. The Hall–Kier alpha value is -1.77. The van der Waals surface area contributed by atoms with E-state index in [0.717, 1.165) is 11.1 Å². The summed E-state index contributed by atoms with van der Waals surface area (Å²) in [6, 6.07) is 10.2. The van der Waals surface area contributed by atoms with E-state index in [4.69, 9.17) is 23.2 Å². The molecular weight excluding hydrogens is 295 g/mol. The number of fused-ring (bicyclic) bond motifs is 1. The molecule has 2 aromatic rings. The molecule has 3 rings (SSSR count). The van der Waals surface area contributed by atoms with Crippen LogP contribution >= 0.6 is 23.2 Å². The van der Waals surface area contributed by atoms with Crippen LogP contribution in [0.25, 0.3) is 6.08 Å². The maximum Gasteiger partial charge on any atom is 0.189 e. The summed E-state index contributed by atoms with van der Waals surface area (Å²) in [6.07, 6.45) is 2.30. The lowest BCUT2D eigenvalue weighted by Crippen LogP contribution is -1.94. The Morgan fingerprint density at radius 3 is 2.60 bits per heavy atom. The number of phenolic OH excluding ortho intramolecular Hbond substituents is 1. The average molecular weight is 305 g/mol. The lowest BCUT2D eigenvalue weighted by atomic mass is 10.1. The molecule has 0 bridgehead atoms. The predicted octanol–water partition coefficient (Wildman–Crippen LogP) is 4.52. The fourth-order valence-electron chi connectivity index (χ4n) is 2.33. The Morgan fingerprint density at radius 1 is 1.10 bits per heavy atom. The number of benzene rings is 2. The summed E-state index contributed by atoms with van der Waals surface area (Å²) in [5.41, 5.74) is 2.99. The third-order valence-corrected chi connectivity index (χ3v) is 3.99. The van der Waals surface area contributed by atoms with Gasteiger partial charge >= 0.3 is 0 Å². The summed E-state index contributed by atoms with van der Waals surface area (Å²) in [6.45, 7) is 0. The van der Waals surface area contributed by atoms with Crippen LogP contribution in [-0.2, 0) is 6.42 Å². The number of rotatable bonds is 1. The van der Waals surface area contributed by atoms with Gasteiger partial charge in [0.2, 0.25) is 0 Å². The number of carbonyl (C=O) groups excluding carboxylic acids is 1. The van der Waals surface area contributed by atoms with Crippen LogP contribution in [0.3, 0.4) is 0 Å². The van der Waals surface area contributed by atoms with Crippen molar-refractivity contribution < 1.29 is 9.90 Å². The van der Waals surface area contributed by atoms with E-state index in [1.165, 1.54) is 6.07 Å². The van der Waals surface area contributed by atoms with Gasteiger partial charge in [-0.05, 0) is 35.4 Å². The first-order chi connectivity index (χ1) is 9.56. The summed E-state index contributed by atoms with van der Waals surface area (Å²) < 4.78 is 0. The molecule has 0 saturated heterocycles. The number of Topliss-reactive ketones (excluding diaryl/α,β-unsaturated/α-hetero) is 1. The molecule has 0 fully saturated rings. The highest BCUT2D eigenvalue weighted by molar-refractivity contribution is 6.33. The molecule has 0 amide bonds. The Bertz CT molecular complexity index is 748. The maximum absolute atomic E-state index is 12.3. The maximum atomic E-state index is 12.3. The summed E-state index contributed by atoms with van der Waals surface area (Å²) in [7, 11) is 0. The fourth-order valence-corrected chi connectivity index (χ4v) is 2.76. The van der Waals surface area contributed by atoms with Crippen molar-refractivity contribution in [1.29, 1.82) is 0 Å². The number of aromatic hydroxyl groups is 1. The first-order valence-corrected chi connectivity index (χ1v) is 6.83. The third kappa shape index (κ3) is 2.21. The molecule has 100 valence electrons. The number of halogens is 2. The SMILES string of the molecule is O=C1/C(=C\c2ccc(O)c(Cl)c2)Cc2c(Cl)cccc21. The molecule has 1 aliphatic carbocycles. The van der Waals surface area contributed by atoms with Crippen molar-refractivity contribution in [2.24, 2.45) is 0 Å². The smallest absolute Gasteiger partial charge is 0.189 e. The van der Waals surface area contributed by atoms with Gasteiger partial charge in [-0.2, -0.15) is 0 Å². The zero-order valence-corrected chi connectivity index (χ0v) is 11.9. The van der Waals surface area contributed by atoms with Crippen LogP contribution in [-0.4, -0.2) is 10.9 Å². The molecule has 1 N–H and O–H groups in total. The number of ketones is 1. The standard InChI is InChI=1S/C16H10Cl2O2/c17-13-3-1-2-11-12(13)8-10(16(11)20)6-9-4-5-15(19)14(18)7-9/h1-7,19H,8H2/b10-6-. The second-order valence-corrected chi connectivity index (χ2v) is 5.47. The van der Waals surface area contributed by atoms with Gasteiger partial charge in [-0.3, -0.25) is 4.79 Å². The number of phenols is 1. The molecule has 4 heteroatoms. The fraction of sp³-hybridized carbons (Fsp3) is 0.0625. The lowest BCUT2D eigenvalue weighted by Gasteiger charge is -2.00. The van der Waals surface area contributed by atoms with E-state index in [1.54, 1.807) is 36.4 Å². The molecule has 2 nitrogen and oxygen atoms in total. The third-order valence-electron chi connectivity index (χ3n) is 3.33. The molecule has 0 spiro atoms. The Morgan fingerprint density at radius 2 is 1.90 bits per heavy atom. The Labute approximate surface area is 126 Å². The van der Waals surface area contributed by atoms with Crippen molar-refractivity contribution in [3.8, 4) is 5.75 Å². The number of carbonyl (C=O) groups is 1.